The van der Waals surface area contributed by atoms with E-state index in [1.807, 2.05) is 0 Å². The topological polar surface area (TPSA) is 78.6 Å². The Bertz CT molecular complexity index is 211. The van der Waals surface area contributed by atoms with Gasteiger partial charge in [0.15, 0.2) is 0 Å². The molecule has 1 fully saturated rings. The Kier molecular flexibility index (Phi) is 5.01. The van der Waals surface area contributed by atoms with Gasteiger partial charge in [-0.2, -0.15) is 0 Å². The van der Waals surface area contributed by atoms with Crippen LogP contribution in [0.15, 0.2) is 0 Å². The van der Waals surface area contributed by atoms with Gasteiger partial charge < -0.3 is 21.1 Å². The largest absolute Gasteiger partial charge is 0.382 e. The molecule has 88 valence electrons. The van der Waals surface area contributed by atoms with Crippen LogP contribution in [0.4, 0.5) is 0 Å². The Hall–Kier alpha value is -0.650. The van der Waals surface area contributed by atoms with Gasteiger partial charge >= 0.3 is 0 Å². The van der Waals surface area contributed by atoms with Crippen LogP contribution in [0.25, 0.3) is 0 Å². The molecule has 0 saturated carbocycles. The highest BCUT2D eigenvalue weighted by Crippen LogP contribution is 2.13. The Balaban J connectivity index is 2.21. The summed E-state index contributed by atoms with van der Waals surface area (Å²) < 4.78 is 0. The van der Waals surface area contributed by atoms with Gasteiger partial charge in [-0.05, 0) is 32.4 Å². The highest BCUT2D eigenvalue weighted by Gasteiger charge is 2.19. The molecule has 0 aromatic carbocycles. The third-order valence-electron chi connectivity index (χ3n) is 2.81. The number of piperidine rings is 1. The van der Waals surface area contributed by atoms with Crippen LogP contribution < -0.4 is 11.1 Å². The molecule has 0 aromatic rings. The van der Waals surface area contributed by atoms with E-state index in [2.05, 4.69) is 17.3 Å². The van der Waals surface area contributed by atoms with Gasteiger partial charge in [0.05, 0.1) is 0 Å². The van der Waals surface area contributed by atoms with E-state index in [1.54, 1.807) is 0 Å². The van der Waals surface area contributed by atoms with E-state index in [9.17, 15) is 4.79 Å². The Morgan fingerprint density at radius 3 is 3.07 bits per heavy atom. The molecule has 4 N–H and O–H groups in total. The van der Waals surface area contributed by atoms with Gasteiger partial charge in [-0.15, -0.1) is 0 Å². The number of likely N-dealkylation sites (tertiary alicyclic amines) is 1. The van der Waals surface area contributed by atoms with Crippen molar-refractivity contribution < 1.29 is 9.90 Å². The third kappa shape index (κ3) is 4.15. The average molecular weight is 215 g/mol. The van der Waals surface area contributed by atoms with Crippen LogP contribution in [-0.4, -0.2) is 55.2 Å². The van der Waals surface area contributed by atoms with E-state index in [0.29, 0.717) is 12.5 Å². The molecule has 15 heavy (non-hydrogen) atoms. The zero-order valence-corrected chi connectivity index (χ0v) is 9.28. The van der Waals surface area contributed by atoms with Crippen LogP contribution in [0, 0.1) is 5.92 Å². The lowest BCUT2D eigenvalue weighted by Gasteiger charge is -2.29. The summed E-state index contributed by atoms with van der Waals surface area (Å²) in [5.74, 6) is 0.142. The number of aliphatic hydroxyl groups excluding tert-OH is 1. The van der Waals surface area contributed by atoms with Gasteiger partial charge in [-0.3, -0.25) is 4.79 Å². The second-order valence-electron chi connectivity index (χ2n) is 4.27. The number of rotatable bonds is 4. The van der Waals surface area contributed by atoms with E-state index in [4.69, 9.17) is 10.8 Å². The monoisotopic (exact) mass is 215 g/mol. The lowest BCUT2D eigenvalue weighted by atomic mass is 9.98. The zero-order chi connectivity index (χ0) is 11.3. The van der Waals surface area contributed by atoms with E-state index in [0.717, 1.165) is 19.5 Å². The van der Waals surface area contributed by atoms with Crippen LogP contribution >= 0.6 is 0 Å². The molecule has 1 aliphatic rings. The molecule has 5 nitrogen and oxygen atoms in total. The summed E-state index contributed by atoms with van der Waals surface area (Å²) in [6.07, 6.45) is 1.26. The fraction of sp³-hybridized carbons (Fsp3) is 0.900. The number of carbonyl (C=O) groups excluding carboxylic acids is 1. The number of nitrogens with one attached hydrogen (secondary N) is 1. The summed E-state index contributed by atoms with van der Waals surface area (Å²) in [7, 11) is 2.09. The van der Waals surface area contributed by atoms with Crippen molar-refractivity contribution >= 4 is 5.91 Å². The summed E-state index contributed by atoms with van der Waals surface area (Å²) in [6.45, 7) is 2.77. The number of nitrogens with two attached hydrogens (primary N) is 1. The standard InChI is InChI=1S/C10H21N3O2/c1-13-4-2-3-8(7-13)6-12-10(15)9(14)5-11/h8-9,14H,2-7,11H2,1H3,(H,12,15). The summed E-state index contributed by atoms with van der Waals surface area (Å²) in [4.78, 5) is 13.5. The molecular weight excluding hydrogens is 194 g/mol. The van der Waals surface area contributed by atoms with Gasteiger partial charge in [-0.1, -0.05) is 0 Å². The Morgan fingerprint density at radius 2 is 2.47 bits per heavy atom. The minimum Gasteiger partial charge on any atom is -0.382 e. The second kappa shape index (κ2) is 6.05. The number of aliphatic hydroxyl groups is 1. The Labute approximate surface area is 90.6 Å². The third-order valence-corrected chi connectivity index (χ3v) is 2.81. The zero-order valence-electron chi connectivity index (χ0n) is 9.28. The molecule has 1 heterocycles. The number of hydrogen-bond acceptors (Lipinski definition) is 4. The highest BCUT2D eigenvalue weighted by atomic mass is 16.3. The maximum atomic E-state index is 11.2. The van der Waals surface area contributed by atoms with Gasteiger partial charge in [-0.25, -0.2) is 0 Å². The van der Waals surface area contributed by atoms with E-state index < -0.39 is 6.10 Å². The molecule has 0 radical (unpaired) electrons. The smallest absolute Gasteiger partial charge is 0.250 e. The van der Waals surface area contributed by atoms with Gasteiger partial charge in [0.2, 0.25) is 5.91 Å². The normalized spacial score (nSPS) is 24.9. The van der Waals surface area contributed by atoms with Crippen molar-refractivity contribution in [1.29, 1.82) is 0 Å². The van der Waals surface area contributed by atoms with Crippen molar-refractivity contribution in [3.8, 4) is 0 Å². The quantitative estimate of drug-likeness (QED) is 0.548. The maximum absolute atomic E-state index is 11.2. The first kappa shape index (κ1) is 12.4. The van der Waals surface area contributed by atoms with E-state index >= 15 is 0 Å². The molecule has 0 bridgehead atoms. The molecule has 1 aliphatic heterocycles. The second-order valence-corrected chi connectivity index (χ2v) is 4.27. The fourth-order valence-corrected chi connectivity index (χ4v) is 1.91. The molecule has 2 atom stereocenters. The molecule has 1 rings (SSSR count). The predicted molar refractivity (Wildman–Crippen MR) is 58.3 cm³/mol. The lowest BCUT2D eigenvalue weighted by Crippen LogP contribution is -2.44. The predicted octanol–water partition coefficient (Wildman–Crippen LogP) is -1.24. The van der Waals surface area contributed by atoms with Crippen molar-refractivity contribution in [1.82, 2.24) is 10.2 Å². The SMILES string of the molecule is CN1CCCC(CNC(=O)C(O)CN)C1. The molecule has 0 aromatic heterocycles. The fourth-order valence-electron chi connectivity index (χ4n) is 1.91. The molecule has 5 heteroatoms. The number of carbonyl (C=O) groups is 1. The number of amides is 1. The molecule has 1 amide bonds. The molecule has 0 spiro atoms. The minimum atomic E-state index is -1.06. The van der Waals surface area contributed by atoms with Crippen molar-refractivity contribution in [2.45, 2.75) is 18.9 Å². The van der Waals surface area contributed by atoms with Crippen molar-refractivity contribution in [3.05, 3.63) is 0 Å². The molecule has 2 unspecified atom stereocenters. The van der Waals surface area contributed by atoms with Crippen molar-refractivity contribution in [2.24, 2.45) is 11.7 Å². The summed E-state index contributed by atoms with van der Waals surface area (Å²) in [5, 5.41) is 11.9. The molecule has 0 aliphatic carbocycles. The number of hydrogen-bond donors (Lipinski definition) is 3. The van der Waals surface area contributed by atoms with E-state index in [1.165, 1.54) is 6.42 Å². The van der Waals surface area contributed by atoms with Gasteiger partial charge in [0, 0.05) is 19.6 Å². The lowest BCUT2D eigenvalue weighted by molar-refractivity contribution is -0.129. The van der Waals surface area contributed by atoms with Crippen LogP contribution in [0.1, 0.15) is 12.8 Å². The summed E-state index contributed by atoms with van der Waals surface area (Å²) in [6, 6.07) is 0. The number of nitrogens with zero attached hydrogens (tertiary/aromatic N) is 1. The van der Waals surface area contributed by atoms with Crippen LogP contribution in [0.2, 0.25) is 0 Å². The maximum Gasteiger partial charge on any atom is 0.250 e. The van der Waals surface area contributed by atoms with Gasteiger partial charge in [0.25, 0.3) is 0 Å². The van der Waals surface area contributed by atoms with Crippen LogP contribution in [-0.2, 0) is 4.79 Å². The first-order valence-electron chi connectivity index (χ1n) is 5.48. The Morgan fingerprint density at radius 1 is 1.73 bits per heavy atom. The summed E-state index contributed by atoms with van der Waals surface area (Å²) in [5.41, 5.74) is 5.18. The van der Waals surface area contributed by atoms with Crippen molar-refractivity contribution in [3.63, 3.8) is 0 Å². The molecule has 1 saturated heterocycles. The van der Waals surface area contributed by atoms with Crippen molar-refractivity contribution in [2.75, 3.05) is 33.2 Å². The first-order valence-corrected chi connectivity index (χ1v) is 5.48. The molecular formula is C10H21N3O2. The van der Waals surface area contributed by atoms with Crippen LogP contribution in [0.5, 0.6) is 0 Å². The average Bonchev–Trinajstić information content (AvgIpc) is 2.25. The minimum absolute atomic E-state index is 0.0175. The summed E-state index contributed by atoms with van der Waals surface area (Å²) >= 11 is 0. The first-order chi connectivity index (χ1) is 7.13. The van der Waals surface area contributed by atoms with Crippen LogP contribution in [0.3, 0.4) is 0 Å². The van der Waals surface area contributed by atoms with E-state index in [-0.39, 0.29) is 12.5 Å². The highest BCUT2D eigenvalue weighted by molar-refractivity contribution is 5.80. The van der Waals surface area contributed by atoms with Gasteiger partial charge in [0.1, 0.15) is 6.10 Å².